The molecule has 1 N–H and O–H groups in total. The lowest BCUT2D eigenvalue weighted by atomic mass is 10.1. The van der Waals surface area contributed by atoms with Crippen LogP contribution in [0.4, 0.5) is 0 Å². The van der Waals surface area contributed by atoms with Gasteiger partial charge in [0, 0.05) is 23.7 Å². The maximum atomic E-state index is 12.3. The van der Waals surface area contributed by atoms with E-state index in [0.717, 1.165) is 5.56 Å². The summed E-state index contributed by atoms with van der Waals surface area (Å²) in [5.74, 6) is 0.0388. The van der Waals surface area contributed by atoms with E-state index in [1.54, 1.807) is 29.0 Å². The summed E-state index contributed by atoms with van der Waals surface area (Å²) in [6.45, 7) is 7.87. The number of benzene rings is 1. The summed E-state index contributed by atoms with van der Waals surface area (Å²) in [6, 6.07) is 8.89. The standard InChI is InChI=1S/C15H16ClNO2.C2H6/c1-10(2)17-8-7-14(18)13(15(17)19)9-11-3-5-12(16)6-4-11;1-2/h3-8,10,18H,9H2,1-2H3;1-2H3. The van der Waals surface area contributed by atoms with Crippen LogP contribution in [0.25, 0.3) is 0 Å². The lowest BCUT2D eigenvalue weighted by Crippen LogP contribution is -2.24. The molecular weight excluding hydrogens is 286 g/mol. The number of aromatic nitrogens is 1. The predicted octanol–water partition coefficient (Wildman–Crippen LogP) is 4.41. The van der Waals surface area contributed by atoms with Gasteiger partial charge >= 0.3 is 0 Å². The zero-order valence-electron chi connectivity index (χ0n) is 12.9. The van der Waals surface area contributed by atoms with Gasteiger partial charge in [0.25, 0.3) is 5.56 Å². The number of aromatic hydroxyl groups is 1. The van der Waals surface area contributed by atoms with Crippen LogP contribution in [0.2, 0.25) is 5.02 Å². The molecule has 1 heterocycles. The number of hydrogen-bond acceptors (Lipinski definition) is 2. The first-order valence-corrected chi connectivity index (χ1v) is 7.54. The van der Waals surface area contributed by atoms with Crippen LogP contribution in [0.15, 0.2) is 41.3 Å². The van der Waals surface area contributed by atoms with Gasteiger partial charge in [-0.2, -0.15) is 0 Å². The molecular formula is C17H22ClNO2. The molecule has 0 spiro atoms. The Bertz CT molecular complexity index is 630. The van der Waals surface area contributed by atoms with Crippen LogP contribution in [0.5, 0.6) is 5.75 Å². The Morgan fingerprint density at radius 3 is 2.24 bits per heavy atom. The smallest absolute Gasteiger partial charge is 0.258 e. The molecule has 0 bridgehead atoms. The van der Waals surface area contributed by atoms with Crippen molar-refractivity contribution in [3.63, 3.8) is 0 Å². The summed E-state index contributed by atoms with van der Waals surface area (Å²) in [4.78, 5) is 12.3. The predicted molar refractivity (Wildman–Crippen MR) is 88.4 cm³/mol. The molecule has 0 aliphatic carbocycles. The largest absolute Gasteiger partial charge is 0.507 e. The van der Waals surface area contributed by atoms with Crippen LogP contribution in [0, 0.1) is 0 Å². The molecule has 0 saturated heterocycles. The van der Waals surface area contributed by atoms with Crippen molar-refractivity contribution in [3.8, 4) is 5.75 Å². The topological polar surface area (TPSA) is 42.2 Å². The van der Waals surface area contributed by atoms with Crippen LogP contribution in [-0.2, 0) is 6.42 Å². The zero-order chi connectivity index (χ0) is 16.0. The van der Waals surface area contributed by atoms with Gasteiger partial charge in [0.05, 0.1) is 5.56 Å². The molecule has 21 heavy (non-hydrogen) atoms. The highest BCUT2D eigenvalue weighted by atomic mass is 35.5. The van der Waals surface area contributed by atoms with Crippen LogP contribution < -0.4 is 5.56 Å². The van der Waals surface area contributed by atoms with Crippen molar-refractivity contribution in [2.45, 2.75) is 40.2 Å². The van der Waals surface area contributed by atoms with Crippen molar-refractivity contribution in [3.05, 3.63) is 63.0 Å². The normalized spacial score (nSPS) is 10.2. The number of pyridine rings is 1. The number of halogens is 1. The minimum atomic E-state index is -0.148. The highest BCUT2D eigenvalue weighted by molar-refractivity contribution is 6.30. The van der Waals surface area contributed by atoms with E-state index >= 15 is 0 Å². The maximum Gasteiger partial charge on any atom is 0.258 e. The van der Waals surface area contributed by atoms with Gasteiger partial charge in [-0.1, -0.05) is 37.6 Å². The quantitative estimate of drug-likeness (QED) is 0.913. The molecule has 1 aromatic heterocycles. The summed E-state index contributed by atoms with van der Waals surface area (Å²) >= 11 is 5.83. The van der Waals surface area contributed by atoms with Gasteiger partial charge in [0.15, 0.2) is 0 Å². The first-order valence-electron chi connectivity index (χ1n) is 7.16. The Hall–Kier alpha value is -1.74. The third-order valence-corrected chi connectivity index (χ3v) is 3.30. The van der Waals surface area contributed by atoms with E-state index in [0.29, 0.717) is 17.0 Å². The van der Waals surface area contributed by atoms with Crippen molar-refractivity contribution < 1.29 is 5.11 Å². The van der Waals surface area contributed by atoms with Crippen LogP contribution >= 0.6 is 11.6 Å². The highest BCUT2D eigenvalue weighted by Gasteiger charge is 2.11. The molecule has 0 unspecified atom stereocenters. The summed E-state index contributed by atoms with van der Waals surface area (Å²) in [7, 11) is 0. The number of hydrogen-bond donors (Lipinski definition) is 1. The van der Waals surface area contributed by atoms with Crippen molar-refractivity contribution in [2.75, 3.05) is 0 Å². The Labute approximate surface area is 130 Å². The van der Waals surface area contributed by atoms with Gasteiger partial charge in [-0.05, 0) is 37.6 Å². The lowest BCUT2D eigenvalue weighted by molar-refractivity contribution is 0.460. The molecule has 0 amide bonds. The Morgan fingerprint density at radius 2 is 1.71 bits per heavy atom. The van der Waals surface area contributed by atoms with Crippen LogP contribution in [-0.4, -0.2) is 9.67 Å². The molecule has 2 rings (SSSR count). The van der Waals surface area contributed by atoms with E-state index < -0.39 is 0 Å². The molecule has 0 saturated carbocycles. The third kappa shape index (κ3) is 4.36. The van der Waals surface area contributed by atoms with Gasteiger partial charge in [0.1, 0.15) is 5.75 Å². The molecule has 0 fully saturated rings. The fourth-order valence-electron chi connectivity index (χ4n) is 1.96. The van der Waals surface area contributed by atoms with Crippen molar-refractivity contribution in [2.24, 2.45) is 0 Å². The average molecular weight is 308 g/mol. The SMILES string of the molecule is CC.CC(C)n1ccc(O)c(Cc2ccc(Cl)cc2)c1=O. The zero-order valence-corrected chi connectivity index (χ0v) is 13.7. The molecule has 0 aliphatic rings. The molecule has 0 atom stereocenters. The van der Waals surface area contributed by atoms with Crippen molar-refractivity contribution in [1.82, 2.24) is 4.57 Å². The van der Waals surface area contributed by atoms with E-state index in [2.05, 4.69) is 0 Å². The highest BCUT2D eigenvalue weighted by Crippen LogP contribution is 2.18. The van der Waals surface area contributed by atoms with Gasteiger partial charge in [0.2, 0.25) is 0 Å². The average Bonchev–Trinajstić information content (AvgIpc) is 2.47. The van der Waals surface area contributed by atoms with E-state index in [4.69, 9.17) is 11.6 Å². The van der Waals surface area contributed by atoms with Gasteiger partial charge in [-0.15, -0.1) is 0 Å². The van der Waals surface area contributed by atoms with Gasteiger partial charge in [-0.25, -0.2) is 0 Å². The molecule has 0 radical (unpaired) electrons. The molecule has 1 aromatic carbocycles. The molecule has 2 aromatic rings. The summed E-state index contributed by atoms with van der Waals surface area (Å²) in [5.41, 5.74) is 1.21. The summed E-state index contributed by atoms with van der Waals surface area (Å²) < 4.78 is 1.62. The summed E-state index contributed by atoms with van der Waals surface area (Å²) in [6.07, 6.45) is 2.02. The van der Waals surface area contributed by atoms with Crippen LogP contribution in [0.1, 0.15) is 44.9 Å². The monoisotopic (exact) mass is 307 g/mol. The summed E-state index contributed by atoms with van der Waals surface area (Å²) in [5, 5.41) is 10.5. The second kappa shape index (κ2) is 7.89. The first-order chi connectivity index (χ1) is 9.99. The molecule has 4 heteroatoms. The number of rotatable bonds is 3. The van der Waals surface area contributed by atoms with Crippen molar-refractivity contribution in [1.29, 1.82) is 0 Å². The first kappa shape index (κ1) is 17.3. The maximum absolute atomic E-state index is 12.3. The van der Waals surface area contributed by atoms with E-state index in [1.807, 2.05) is 39.8 Å². The fourth-order valence-corrected chi connectivity index (χ4v) is 2.09. The molecule has 114 valence electrons. The Morgan fingerprint density at radius 1 is 1.14 bits per heavy atom. The fraction of sp³-hybridized carbons (Fsp3) is 0.353. The molecule has 0 aliphatic heterocycles. The lowest BCUT2D eigenvalue weighted by Gasteiger charge is -2.12. The van der Waals surface area contributed by atoms with Crippen molar-refractivity contribution >= 4 is 11.6 Å². The van der Waals surface area contributed by atoms with Gasteiger partial charge < -0.3 is 9.67 Å². The minimum absolute atomic E-state index is 0.0388. The van der Waals surface area contributed by atoms with E-state index in [9.17, 15) is 9.90 Å². The van der Waals surface area contributed by atoms with E-state index in [1.165, 1.54) is 0 Å². The van der Waals surface area contributed by atoms with Gasteiger partial charge in [-0.3, -0.25) is 4.79 Å². The number of nitrogens with zero attached hydrogens (tertiary/aromatic N) is 1. The van der Waals surface area contributed by atoms with Crippen LogP contribution in [0.3, 0.4) is 0 Å². The van der Waals surface area contributed by atoms with E-state index in [-0.39, 0.29) is 17.4 Å². The molecule has 3 nitrogen and oxygen atoms in total. The second-order valence-corrected chi connectivity index (χ2v) is 5.23. The third-order valence-electron chi connectivity index (χ3n) is 3.05. The Kier molecular flexibility index (Phi) is 6.50. The second-order valence-electron chi connectivity index (χ2n) is 4.79. The minimum Gasteiger partial charge on any atom is -0.507 e. The Balaban J connectivity index is 0.00000106.